The molecular formula is C13H14N6O. The second-order valence-corrected chi connectivity index (χ2v) is 4.48. The highest BCUT2D eigenvalue weighted by atomic mass is 16.1. The van der Waals surface area contributed by atoms with Crippen molar-refractivity contribution in [3.63, 3.8) is 0 Å². The van der Waals surface area contributed by atoms with Crippen molar-refractivity contribution in [2.24, 2.45) is 12.0 Å². The number of hydrogen-bond acceptors (Lipinski definition) is 6. The van der Waals surface area contributed by atoms with Gasteiger partial charge in [0.2, 0.25) is 0 Å². The van der Waals surface area contributed by atoms with Crippen LogP contribution in [0.25, 0.3) is 0 Å². The molecule has 1 aromatic heterocycles. The molecule has 0 aliphatic carbocycles. The summed E-state index contributed by atoms with van der Waals surface area (Å²) >= 11 is 0. The van der Waals surface area contributed by atoms with E-state index in [4.69, 9.17) is 5.73 Å². The van der Waals surface area contributed by atoms with Crippen LogP contribution in [-0.2, 0) is 7.05 Å². The second-order valence-electron chi connectivity index (χ2n) is 4.48. The summed E-state index contributed by atoms with van der Waals surface area (Å²) in [5.74, 6) is 0.620. The molecule has 2 aromatic rings. The van der Waals surface area contributed by atoms with Crippen LogP contribution in [0.3, 0.4) is 0 Å². The lowest BCUT2D eigenvalue weighted by Crippen LogP contribution is -2.34. The van der Waals surface area contributed by atoms with Crippen LogP contribution in [0.5, 0.6) is 0 Å². The number of aliphatic imine (C=N–C) groups is 1. The summed E-state index contributed by atoms with van der Waals surface area (Å²) in [6, 6.07) is 7.36. The minimum atomic E-state index is -0.337. The molecule has 0 saturated carbocycles. The molecule has 1 aliphatic heterocycles. The van der Waals surface area contributed by atoms with Gasteiger partial charge in [-0.3, -0.25) is 4.79 Å². The van der Waals surface area contributed by atoms with Crippen molar-refractivity contribution in [2.45, 2.75) is 6.29 Å². The summed E-state index contributed by atoms with van der Waals surface area (Å²) in [6.45, 7) is 0. The van der Waals surface area contributed by atoms with E-state index in [1.54, 1.807) is 13.3 Å². The van der Waals surface area contributed by atoms with E-state index in [0.29, 0.717) is 17.2 Å². The minimum Gasteiger partial charge on any atom is -0.399 e. The van der Waals surface area contributed by atoms with Crippen LogP contribution in [0.1, 0.15) is 5.69 Å². The maximum atomic E-state index is 11.5. The van der Waals surface area contributed by atoms with Gasteiger partial charge in [-0.2, -0.15) is 0 Å². The van der Waals surface area contributed by atoms with Crippen LogP contribution in [0, 0.1) is 0 Å². The Balaban J connectivity index is 1.82. The van der Waals surface area contributed by atoms with Crippen molar-refractivity contribution in [1.29, 1.82) is 0 Å². The van der Waals surface area contributed by atoms with Gasteiger partial charge in [0.15, 0.2) is 12.1 Å². The molecule has 2 heterocycles. The van der Waals surface area contributed by atoms with Gasteiger partial charge >= 0.3 is 0 Å². The fraction of sp³-hybridized carbons (Fsp3) is 0.154. The third kappa shape index (κ3) is 2.20. The maximum Gasteiger partial charge on any atom is 0.269 e. The summed E-state index contributed by atoms with van der Waals surface area (Å²) < 4.78 is 1.50. The van der Waals surface area contributed by atoms with Gasteiger partial charge in [0.1, 0.15) is 5.69 Å². The molecule has 7 nitrogen and oxygen atoms in total. The Hall–Kier alpha value is -2.83. The van der Waals surface area contributed by atoms with E-state index in [9.17, 15) is 4.79 Å². The van der Waals surface area contributed by atoms with Gasteiger partial charge in [-0.25, -0.2) is 9.98 Å². The van der Waals surface area contributed by atoms with Crippen LogP contribution in [0.4, 0.5) is 17.2 Å². The van der Waals surface area contributed by atoms with Crippen molar-refractivity contribution in [3.05, 3.63) is 46.5 Å². The van der Waals surface area contributed by atoms with E-state index in [0.717, 1.165) is 5.69 Å². The summed E-state index contributed by atoms with van der Waals surface area (Å²) in [5.41, 5.74) is 7.73. The highest BCUT2D eigenvalue weighted by Crippen LogP contribution is 2.17. The molecule has 3 rings (SSSR count). The first-order valence-corrected chi connectivity index (χ1v) is 6.11. The number of rotatable bonds is 2. The van der Waals surface area contributed by atoms with Crippen molar-refractivity contribution in [3.8, 4) is 0 Å². The Morgan fingerprint density at radius 1 is 1.35 bits per heavy atom. The van der Waals surface area contributed by atoms with Gasteiger partial charge in [-0.1, -0.05) is 0 Å². The molecule has 0 amide bonds. The first-order chi connectivity index (χ1) is 9.63. The van der Waals surface area contributed by atoms with Crippen molar-refractivity contribution in [2.75, 3.05) is 16.4 Å². The lowest BCUT2D eigenvalue weighted by Gasteiger charge is -2.23. The predicted molar refractivity (Wildman–Crippen MR) is 79.0 cm³/mol. The quantitative estimate of drug-likeness (QED) is 0.694. The molecule has 1 aliphatic rings. The zero-order valence-corrected chi connectivity index (χ0v) is 10.9. The molecule has 102 valence electrons. The van der Waals surface area contributed by atoms with Crippen LogP contribution in [-0.4, -0.2) is 22.1 Å². The molecule has 0 spiro atoms. The number of anilines is 3. The van der Waals surface area contributed by atoms with Gasteiger partial charge in [0, 0.05) is 18.4 Å². The number of fused-ring (bicyclic) bond motifs is 1. The lowest BCUT2D eigenvalue weighted by molar-refractivity contribution is 0.790. The zero-order valence-electron chi connectivity index (χ0n) is 10.9. The largest absolute Gasteiger partial charge is 0.399 e. The zero-order chi connectivity index (χ0) is 14.1. The fourth-order valence-corrected chi connectivity index (χ4v) is 1.93. The Morgan fingerprint density at radius 2 is 2.10 bits per heavy atom. The van der Waals surface area contributed by atoms with Crippen LogP contribution >= 0.6 is 0 Å². The molecule has 0 bridgehead atoms. The first kappa shape index (κ1) is 12.2. The molecule has 1 unspecified atom stereocenters. The van der Waals surface area contributed by atoms with Gasteiger partial charge in [-0.05, 0) is 24.3 Å². The minimum absolute atomic E-state index is 0.165. The average molecular weight is 270 g/mol. The molecule has 0 saturated heterocycles. The highest BCUT2D eigenvalue weighted by molar-refractivity contribution is 5.86. The Labute approximate surface area is 115 Å². The van der Waals surface area contributed by atoms with Crippen LogP contribution < -0.4 is 21.9 Å². The first-order valence-electron chi connectivity index (χ1n) is 6.11. The van der Waals surface area contributed by atoms with E-state index in [2.05, 4.69) is 20.6 Å². The van der Waals surface area contributed by atoms with Crippen molar-refractivity contribution in [1.82, 2.24) is 9.55 Å². The number of nitrogens with one attached hydrogen (secondary N) is 2. The van der Waals surface area contributed by atoms with E-state index >= 15 is 0 Å². The smallest absolute Gasteiger partial charge is 0.269 e. The number of hydrogen-bond donors (Lipinski definition) is 3. The van der Waals surface area contributed by atoms with Crippen LogP contribution in [0.15, 0.2) is 40.2 Å². The lowest BCUT2D eigenvalue weighted by atomic mass is 10.3. The second kappa shape index (κ2) is 4.69. The molecular weight excluding hydrogens is 256 g/mol. The summed E-state index contributed by atoms with van der Waals surface area (Å²) in [7, 11) is 1.68. The summed E-state index contributed by atoms with van der Waals surface area (Å²) in [4.78, 5) is 19.9. The average Bonchev–Trinajstić information content (AvgIpc) is 2.46. The summed E-state index contributed by atoms with van der Waals surface area (Å²) in [5, 5.41) is 6.31. The highest BCUT2D eigenvalue weighted by Gasteiger charge is 2.16. The third-order valence-electron chi connectivity index (χ3n) is 3.07. The molecule has 0 radical (unpaired) electrons. The Bertz CT molecular complexity index is 719. The number of benzene rings is 1. The third-order valence-corrected chi connectivity index (χ3v) is 3.07. The number of nitrogens with two attached hydrogens (primary N) is 1. The van der Waals surface area contributed by atoms with Crippen LogP contribution in [0.2, 0.25) is 0 Å². The van der Waals surface area contributed by atoms with E-state index in [1.807, 2.05) is 24.3 Å². The maximum absolute atomic E-state index is 11.5. The Kier molecular flexibility index (Phi) is 2.86. The molecule has 1 atom stereocenters. The topological polar surface area (TPSA) is 97.3 Å². The van der Waals surface area contributed by atoms with Crippen molar-refractivity contribution >= 4 is 23.4 Å². The SMILES string of the molecule is Cn1c2c(ncc1=O)NC(Nc1ccc(N)cc1)N=C2. The molecule has 0 fully saturated rings. The molecule has 7 heteroatoms. The molecule has 20 heavy (non-hydrogen) atoms. The molecule has 4 N–H and O–H groups in total. The monoisotopic (exact) mass is 270 g/mol. The fourth-order valence-electron chi connectivity index (χ4n) is 1.93. The standard InChI is InChI=1S/C13H14N6O/c1-19-10-6-16-13(18-12(10)15-7-11(19)20)17-9-4-2-8(14)3-5-9/h2-7,13,17-18H,14H2,1H3. The van der Waals surface area contributed by atoms with E-state index in [1.165, 1.54) is 10.8 Å². The summed E-state index contributed by atoms with van der Waals surface area (Å²) in [6.07, 6.45) is 2.58. The van der Waals surface area contributed by atoms with E-state index < -0.39 is 0 Å². The number of nitrogen functional groups attached to an aromatic ring is 1. The van der Waals surface area contributed by atoms with Gasteiger partial charge in [0.05, 0.1) is 12.4 Å². The van der Waals surface area contributed by atoms with Gasteiger partial charge < -0.3 is 20.9 Å². The van der Waals surface area contributed by atoms with Crippen molar-refractivity contribution < 1.29 is 0 Å². The predicted octanol–water partition coefficient (Wildman–Crippen LogP) is 0.603. The van der Waals surface area contributed by atoms with Gasteiger partial charge in [0.25, 0.3) is 5.56 Å². The Morgan fingerprint density at radius 3 is 2.85 bits per heavy atom. The normalized spacial score (nSPS) is 16.4. The number of nitrogens with zero attached hydrogens (tertiary/aromatic N) is 3. The molecule has 1 aromatic carbocycles. The number of aromatic nitrogens is 2. The van der Waals surface area contributed by atoms with Gasteiger partial charge in [-0.15, -0.1) is 0 Å². The van der Waals surface area contributed by atoms with E-state index in [-0.39, 0.29) is 11.8 Å².